The van der Waals surface area contributed by atoms with Crippen LogP contribution >= 0.6 is 0 Å². The SMILES string of the molecule is O=C(NCCN1CCOCC1)C1CCN(C(=O)C2CC2Cc2ccccc2)CC1. The summed E-state index contributed by atoms with van der Waals surface area (Å²) < 4.78 is 5.35. The van der Waals surface area contributed by atoms with Crippen molar-refractivity contribution in [1.82, 2.24) is 15.1 Å². The van der Waals surface area contributed by atoms with Gasteiger partial charge in [-0.1, -0.05) is 30.3 Å². The molecule has 4 rings (SSSR count). The fraction of sp³-hybridized carbons (Fsp3) is 0.652. The molecule has 0 bridgehead atoms. The number of hydrogen-bond acceptors (Lipinski definition) is 4. The van der Waals surface area contributed by atoms with E-state index in [1.54, 1.807) is 0 Å². The van der Waals surface area contributed by atoms with Crippen molar-refractivity contribution in [3.8, 4) is 0 Å². The molecule has 6 nitrogen and oxygen atoms in total. The zero-order valence-electron chi connectivity index (χ0n) is 17.2. The van der Waals surface area contributed by atoms with Crippen molar-refractivity contribution in [1.29, 1.82) is 0 Å². The van der Waals surface area contributed by atoms with Crippen LogP contribution in [0.4, 0.5) is 0 Å². The molecule has 0 aromatic heterocycles. The van der Waals surface area contributed by atoms with Crippen molar-refractivity contribution in [3.05, 3.63) is 35.9 Å². The van der Waals surface area contributed by atoms with Gasteiger partial charge in [0, 0.05) is 51.1 Å². The van der Waals surface area contributed by atoms with Crippen LogP contribution in [0.1, 0.15) is 24.8 Å². The maximum Gasteiger partial charge on any atom is 0.225 e. The van der Waals surface area contributed by atoms with E-state index in [4.69, 9.17) is 4.74 Å². The summed E-state index contributed by atoms with van der Waals surface area (Å²) in [6, 6.07) is 10.4. The Morgan fingerprint density at radius 1 is 1.03 bits per heavy atom. The van der Waals surface area contributed by atoms with Crippen molar-refractivity contribution in [2.24, 2.45) is 17.8 Å². The molecule has 2 amide bonds. The Morgan fingerprint density at radius 3 is 2.48 bits per heavy atom. The standard InChI is InChI=1S/C23H33N3O3/c27-22(24-8-11-25-12-14-29-15-13-25)19-6-9-26(10-7-19)23(28)21-17-20(21)16-18-4-2-1-3-5-18/h1-5,19-21H,6-17H2,(H,24,27). The second-order valence-corrected chi connectivity index (χ2v) is 8.64. The minimum absolute atomic E-state index is 0.0445. The molecular weight excluding hydrogens is 366 g/mol. The number of hydrogen-bond donors (Lipinski definition) is 1. The van der Waals surface area contributed by atoms with Crippen LogP contribution in [0, 0.1) is 17.8 Å². The number of carbonyl (C=O) groups is 2. The highest BCUT2D eigenvalue weighted by molar-refractivity contribution is 5.83. The van der Waals surface area contributed by atoms with Gasteiger partial charge in [-0.05, 0) is 37.2 Å². The lowest BCUT2D eigenvalue weighted by molar-refractivity contribution is -0.137. The topological polar surface area (TPSA) is 61.9 Å². The lowest BCUT2D eigenvalue weighted by atomic mass is 9.95. The minimum Gasteiger partial charge on any atom is -0.379 e. The van der Waals surface area contributed by atoms with Crippen LogP contribution in [0.2, 0.25) is 0 Å². The second kappa shape index (κ2) is 9.72. The van der Waals surface area contributed by atoms with Crippen LogP contribution in [0.25, 0.3) is 0 Å². The van der Waals surface area contributed by atoms with E-state index in [1.165, 1.54) is 5.56 Å². The molecule has 158 valence electrons. The van der Waals surface area contributed by atoms with Gasteiger partial charge in [0.15, 0.2) is 0 Å². The van der Waals surface area contributed by atoms with Gasteiger partial charge >= 0.3 is 0 Å². The summed E-state index contributed by atoms with van der Waals surface area (Å²) in [5.41, 5.74) is 1.32. The average molecular weight is 400 g/mol. The lowest BCUT2D eigenvalue weighted by Gasteiger charge is -2.32. The van der Waals surface area contributed by atoms with E-state index in [0.717, 1.165) is 71.6 Å². The predicted molar refractivity (Wildman–Crippen MR) is 111 cm³/mol. The molecule has 1 aliphatic carbocycles. The molecule has 1 saturated carbocycles. The normalized spacial score (nSPS) is 25.6. The lowest BCUT2D eigenvalue weighted by Crippen LogP contribution is -2.45. The molecule has 2 heterocycles. The number of likely N-dealkylation sites (tertiary alicyclic amines) is 1. The molecule has 3 aliphatic rings. The summed E-state index contributed by atoms with van der Waals surface area (Å²) in [5.74, 6) is 1.18. The molecule has 2 aliphatic heterocycles. The van der Waals surface area contributed by atoms with E-state index in [9.17, 15) is 9.59 Å². The number of rotatable bonds is 7. The van der Waals surface area contributed by atoms with Crippen molar-refractivity contribution in [2.45, 2.75) is 25.7 Å². The van der Waals surface area contributed by atoms with E-state index < -0.39 is 0 Å². The maximum atomic E-state index is 12.8. The number of benzene rings is 1. The molecule has 1 aromatic carbocycles. The van der Waals surface area contributed by atoms with Gasteiger partial charge < -0.3 is 15.0 Å². The summed E-state index contributed by atoms with van der Waals surface area (Å²) in [5, 5.41) is 3.09. The molecule has 29 heavy (non-hydrogen) atoms. The molecule has 2 unspecified atom stereocenters. The van der Waals surface area contributed by atoms with E-state index in [1.807, 2.05) is 11.0 Å². The highest BCUT2D eigenvalue weighted by Gasteiger charge is 2.45. The number of carbonyl (C=O) groups excluding carboxylic acids is 2. The van der Waals surface area contributed by atoms with Gasteiger partial charge in [0.2, 0.25) is 11.8 Å². The zero-order chi connectivity index (χ0) is 20.1. The first kappa shape index (κ1) is 20.4. The number of amides is 2. The van der Waals surface area contributed by atoms with Crippen molar-refractivity contribution in [3.63, 3.8) is 0 Å². The molecule has 2 atom stereocenters. The Kier molecular flexibility index (Phi) is 6.82. The Labute approximate surface area is 173 Å². The Hall–Kier alpha value is -1.92. The van der Waals surface area contributed by atoms with Crippen LogP contribution in [0.5, 0.6) is 0 Å². The summed E-state index contributed by atoms with van der Waals surface area (Å²) in [4.78, 5) is 29.6. The minimum atomic E-state index is 0.0445. The highest BCUT2D eigenvalue weighted by Crippen LogP contribution is 2.42. The molecule has 3 fully saturated rings. The van der Waals surface area contributed by atoms with Crippen LogP contribution in [-0.4, -0.2) is 74.1 Å². The zero-order valence-corrected chi connectivity index (χ0v) is 17.2. The number of nitrogens with one attached hydrogen (secondary N) is 1. The van der Waals surface area contributed by atoms with Crippen molar-refractivity contribution < 1.29 is 14.3 Å². The summed E-state index contributed by atoms with van der Waals surface area (Å²) in [6.07, 6.45) is 3.57. The molecule has 0 spiro atoms. The van der Waals surface area contributed by atoms with Gasteiger partial charge in [0.25, 0.3) is 0 Å². The van der Waals surface area contributed by atoms with Crippen LogP contribution < -0.4 is 5.32 Å². The smallest absolute Gasteiger partial charge is 0.225 e. The van der Waals surface area contributed by atoms with E-state index in [2.05, 4.69) is 34.5 Å². The van der Waals surface area contributed by atoms with E-state index in [0.29, 0.717) is 18.4 Å². The van der Waals surface area contributed by atoms with Crippen LogP contribution in [0.15, 0.2) is 30.3 Å². The molecule has 6 heteroatoms. The number of ether oxygens (including phenoxy) is 1. The van der Waals surface area contributed by atoms with Gasteiger partial charge in [-0.3, -0.25) is 14.5 Å². The first-order valence-electron chi connectivity index (χ1n) is 11.1. The van der Waals surface area contributed by atoms with Crippen LogP contribution in [-0.2, 0) is 20.7 Å². The first-order valence-corrected chi connectivity index (χ1v) is 11.1. The first-order chi connectivity index (χ1) is 14.2. The van der Waals surface area contributed by atoms with Crippen LogP contribution in [0.3, 0.4) is 0 Å². The number of morpholine rings is 1. The Balaban J connectivity index is 1.14. The Morgan fingerprint density at radius 2 is 1.76 bits per heavy atom. The molecule has 2 saturated heterocycles. The number of piperidine rings is 1. The summed E-state index contributed by atoms with van der Waals surface area (Å²) in [6.45, 7) is 6.48. The molecule has 1 aromatic rings. The van der Waals surface area contributed by atoms with E-state index in [-0.39, 0.29) is 17.7 Å². The third kappa shape index (κ3) is 5.58. The Bertz CT molecular complexity index is 682. The molecular formula is C23H33N3O3. The predicted octanol–water partition coefficient (Wildman–Crippen LogP) is 1.55. The highest BCUT2D eigenvalue weighted by atomic mass is 16.5. The van der Waals surface area contributed by atoms with Crippen molar-refractivity contribution in [2.75, 3.05) is 52.5 Å². The van der Waals surface area contributed by atoms with Gasteiger partial charge in [-0.25, -0.2) is 0 Å². The largest absolute Gasteiger partial charge is 0.379 e. The summed E-state index contributed by atoms with van der Waals surface area (Å²) >= 11 is 0. The second-order valence-electron chi connectivity index (χ2n) is 8.64. The average Bonchev–Trinajstić information content (AvgIpc) is 3.54. The van der Waals surface area contributed by atoms with Gasteiger partial charge in [-0.15, -0.1) is 0 Å². The monoisotopic (exact) mass is 399 g/mol. The quantitative estimate of drug-likeness (QED) is 0.756. The van der Waals surface area contributed by atoms with Gasteiger partial charge in [0.05, 0.1) is 13.2 Å². The number of nitrogens with zero attached hydrogens (tertiary/aromatic N) is 2. The summed E-state index contributed by atoms with van der Waals surface area (Å²) in [7, 11) is 0. The third-order valence-corrected chi connectivity index (χ3v) is 6.59. The molecule has 1 N–H and O–H groups in total. The third-order valence-electron chi connectivity index (χ3n) is 6.59. The molecule has 0 radical (unpaired) electrons. The fourth-order valence-corrected chi connectivity index (χ4v) is 4.60. The maximum absolute atomic E-state index is 12.8. The fourth-order valence-electron chi connectivity index (χ4n) is 4.60. The van der Waals surface area contributed by atoms with E-state index >= 15 is 0 Å². The van der Waals surface area contributed by atoms with Gasteiger partial charge in [-0.2, -0.15) is 0 Å². The van der Waals surface area contributed by atoms with Gasteiger partial charge in [0.1, 0.15) is 0 Å². The van der Waals surface area contributed by atoms with Crippen molar-refractivity contribution >= 4 is 11.8 Å².